The molecule has 0 spiro atoms. The maximum absolute atomic E-state index is 12.7. The topological polar surface area (TPSA) is 15.8 Å². The van der Waals surface area contributed by atoms with Gasteiger partial charge in [-0.15, -0.1) is 0 Å². The summed E-state index contributed by atoms with van der Waals surface area (Å²) in [5, 5.41) is 0. The first-order chi connectivity index (χ1) is 7.25. The lowest BCUT2D eigenvalue weighted by Crippen LogP contribution is -1.91. The van der Waals surface area contributed by atoms with Crippen molar-refractivity contribution in [2.24, 2.45) is 0 Å². The van der Waals surface area contributed by atoms with Crippen molar-refractivity contribution in [3.8, 4) is 0 Å². The molecular formula is C13H14FN. The van der Waals surface area contributed by atoms with Crippen LogP contribution < -0.4 is 0 Å². The van der Waals surface area contributed by atoms with Crippen LogP contribution in [0.15, 0.2) is 36.7 Å². The molecule has 0 aliphatic heterocycles. The first kappa shape index (κ1) is 9.97. The summed E-state index contributed by atoms with van der Waals surface area (Å²) in [5.41, 5.74) is 3.80. The van der Waals surface area contributed by atoms with Gasteiger partial charge in [-0.2, -0.15) is 0 Å². The van der Waals surface area contributed by atoms with Gasteiger partial charge in [-0.3, -0.25) is 0 Å². The second-order valence-electron chi connectivity index (χ2n) is 3.79. The number of hydrogen-bond donors (Lipinski definition) is 1. The summed E-state index contributed by atoms with van der Waals surface area (Å²) >= 11 is 0. The smallest absolute Gasteiger partial charge is 0.123 e. The highest BCUT2D eigenvalue weighted by Crippen LogP contribution is 2.11. The third kappa shape index (κ3) is 2.46. The van der Waals surface area contributed by atoms with Gasteiger partial charge in [0, 0.05) is 12.4 Å². The van der Waals surface area contributed by atoms with E-state index in [0.29, 0.717) is 0 Å². The first-order valence-corrected chi connectivity index (χ1v) is 5.12. The summed E-state index contributed by atoms with van der Waals surface area (Å²) in [7, 11) is 0. The summed E-state index contributed by atoms with van der Waals surface area (Å²) in [6.45, 7) is 2.09. The molecule has 1 heterocycles. The van der Waals surface area contributed by atoms with Gasteiger partial charge >= 0.3 is 0 Å². The van der Waals surface area contributed by atoms with Crippen molar-refractivity contribution < 1.29 is 4.39 Å². The van der Waals surface area contributed by atoms with E-state index in [4.69, 9.17) is 0 Å². The van der Waals surface area contributed by atoms with E-state index in [-0.39, 0.29) is 5.82 Å². The first-order valence-electron chi connectivity index (χ1n) is 5.12. The van der Waals surface area contributed by atoms with Crippen LogP contribution in [0.25, 0.3) is 0 Å². The molecule has 0 bridgehead atoms. The average Bonchev–Trinajstić information content (AvgIpc) is 2.63. The summed E-state index contributed by atoms with van der Waals surface area (Å²) in [4.78, 5) is 3.08. The van der Waals surface area contributed by atoms with Gasteiger partial charge < -0.3 is 4.98 Å². The van der Waals surface area contributed by atoms with Crippen molar-refractivity contribution in [3.63, 3.8) is 0 Å². The Balaban J connectivity index is 1.99. The van der Waals surface area contributed by atoms with Gasteiger partial charge in [-0.25, -0.2) is 4.39 Å². The standard InChI is InChI=1S/C13H14FN/c1-10-8-15-9-12(10)5-2-11-3-6-13(14)7-4-11/h3-4,6-9,15H,2,5H2,1H3. The van der Waals surface area contributed by atoms with Crippen LogP contribution in [0.2, 0.25) is 0 Å². The lowest BCUT2D eigenvalue weighted by molar-refractivity contribution is 0.627. The van der Waals surface area contributed by atoms with Crippen LogP contribution in [0.3, 0.4) is 0 Å². The zero-order valence-electron chi connectivity index (χ0n) is 8.76. The lowest BCUT2D eigenvalue weighted by Gasteiger charge is -2.01. The SMILES string of the molecule is Cc1c[nH]cc1CCc1ccc(F)cc1. The van der Waals surface area contributed by atoms with Gasteiger partial charge in [-0.05, 0) is 48.6 Å². The van der Waals surface area contributed by atoms with Gasteiger partial charge in [0.2, 0.25) is 0 Å². The molecule has 0 aliphatic carbocycles. The molecule has 0 fully saturated rings. The van der Waals surface area contributed by atoms with Gasteiger partial charge in [-0.1, -0.05) is 12.1 Å². The Labute approximate surface area is 89.0 Å². The minimum Gasteiger partial charge on any atom is -0.367 e. The molecular weight excluding hydrogens is 189 g/mol. The fraction of sp³-hybridized carbons (Fsp3) is 0.231. The maximum Gasteiger partial charge on any atom is 0.123 e. The molecule has 0 atom stereocenters. The highest BCUT2D eigenvalue weighted by Gasteiger charge is 2.00. The average molecular weight is 203 g/mol. The molecule has 78 valence electrons. The van der Waals surface area contributed by atoms with Gasteiger partial charge in [0.15, 0.2) is 0 Å². The van der Waals surface area contributed by atoms with E-state index in [2.05, 4.69) is 11.9 Å². The van der Waals surface area contributed by atoms with Gasteiger partial charge in [0.05, 0.1) is 0 Å². The van der Waals surface area contributed by atoms with Crippen molar-refractivity contribution in [2.75, 3.05) is 0 Å². The van der Waals surface area contributed by atoms with Crippen LogP contribution in [0.1, 0.15) is 16.7 Å². The molecule has 1 aromatic heterocycles. The Morgan fingerprint density at radius 3 is 2.40 bits per heavy atom. The van der Waals surface area contributed by atoms with Gasteiger partial charge in [0.1, 0.15) is 5.82 Å². The van der Waals surface area contributed by atoms with Crippen molar-refractivity contribution in [2.45, 2.75) is 19.8 Å². The Morgan fingerprint density at radius 1 is 1.07 bits per heavy atom. The number of halogens is 1. The number of nitrogens with one attached hydrogen (secondary N) is 1. The molecule has 0 unspecified atom stereocenters. The molecule has 0 saturated heterocycles. The normalized spacial score (nSPS) is 10.5. The van der Waals surface area contributed by atoms with Crippen LogP contribution in [0.4, 0.5) is 4.39 Å². The zero-order valence-corrected chi connectivity index (χ0v) is 8.76. The molecule has 2 heteroatoms. The number of aromatic nitrogens is 1. The highest BCUT2D eigenvalue weighted by molar-refractivity contribution is 5.24. The summed E-state index contributed by atoms with van der Waals surface area (Å²) in [6, 6.07) is 6.72. The minimum absolute atomic E-state index is 0.170. The van der Waals surface area contributed by atoms with E-state index >= 15 is 0 Å². The molecule has 0 radical (unpaired) electrons. The summed E-state index contributed by atoms with van der Waals surface area (Å²) < 4.78 is 12.7. The van der Waals surface area contributed by atoms with E-state index in [1.807, 2.05) is 24.5 Å². The van der Waals surface area contributed by atoms with E-state index in [1.54, 1.807) is 0 Å². The molecule has 0 aliphatic rings. The van der Waals surface area contributed by atoms with Crippen LogP contribution >= 0.6 is 0 Å². The molecule has 2 aromatic rings. The molecule has 2 rings (SSSR count). The maximum atomic E-state index is 12.7. The number of hydrogen-bond acceptors (Lipinski definition) is 0. The zero-order chi connectivity index (χ0) is 10.7. The highest BCUT2D eigenvalue weighted by atomic mass is 19.1. The van der Waals surface area contributed by atoms with E-state index in [1.165, 1.54) is 28.8 Å². The largest absolute Gasteiger partial charge is 0.367 e. The predicted octanol–water partition coefficient (Wildman–Crippen LogP) is 3.25. The Kier molecular flexibility index (Phi) is 2.86. The lowest BCUT2D eigenvalue weighted by atomic mass is 10.0. The van der Waals surface area contributed by atoms with Crippen LogP contribution in [0.5, 0.6) is 0 Å². The number of aryl methyl sites for hydroxylation is 3. The van der Waals surface area contributed by atoms with Gasteiger partial charge in [0.25, 0.3) is 0 Å². The van der Waals surface area contributed by atoms with Crippen molar-refractivity contribution in [1.82, 2.24) is 4.98 Å². The van der Waals surface area contributed by atoms with E-state index in [0.717, 1.165) is 12.8 Å². The Bertz CT molecular complexity index is 428. The third-order valence-electron chi connectivity index (χ3n) is 2.66. The second kappa shape index (κ2) is 4.30. The fourth-order valence-electron chi connectivity index (χ4n) is 1.67. The van der Waals surface area contributed by atoms with E-state index < -0.39 is 0 Å². The quantitative estimate of drug-likeness (QED) is 0.788. The van der Waals surface area contributed by atoms with Crippen molar-refractivity contribution in [1.29, 1.82) is 0 Å². The number of rotatable bonds is 3. The molecule has 0 saturated carbocycles. The van der Waals surface area contributed by atoms with Crippen molar-refractivity contribution >= 4 is 0 Å². The third-order valence-corrected chi connectivity index (χ3v) is 2.66. The minimum atomic E-state index is -0.170. The summed E-state index contributed by atoms with van der Waals surface area (Å²) in [6.07, 6.45) is 5.98. The molecule has 1 aromatic carbocycles. The Morgan fingerprint density at radius 2 is 1.80 bits per heavy atom. The second-order valence-corrected chi connectivity index (χ2v) is 3.79. The Hall–Kier alpha value is -1.57. The fourth-order valence-corrected chi connectivity index (χ4v) is 1.67. The summed E-state index contributed by atoms with van der Waals surface area (Å²) in [5.74, 6) is -0.170. The predicted molar refractivity (Wildman–Crippen MR) is 59.3 cm³/mol. The number of aromatic amines is 1. The molecule has 1 N–H and O–H groups in total. The van der Waals surface area contributed by atoms with Crippen LogP contribution in [-0.2, 0) is 12.8 Å². The molecule has 0 amide bonds. The number of H-pyrrole nitrogens is 1. The van der Waals surface area contributed by atoms with E-state index in [9.17, 15) is 4.39 Å². The monoisotopic (exact) mass is 203 g/mol. The molecule has 15 heavy (non-hydrogen) atoms. The number of benzene rings is 1. The van der Waals surface area contributed by atoms with Crippen molar-refractivity contribution in [3.05, 3.63) is 59.2 Å². The van der Waals surface area contributed by atoms with Crippen LogP contribution in [-0.4, -0.2) is 4.98 Å². The van der Waals surface area contributed by atoms with Crippen LogP contribution in [0, 0.1) is 12.7 Å². The molecule has 1 nitrogen and oxygen atoms in total.